The maximum absolute atomic E-state index is 5.95. The minimum atomic E-state index is 0.642. The van der Waals surface area contributed by atoms with Gasteiger partial charge < -0.3 is 4.42 Å². The van der Waals surface area contributed by atoms with Crippen LogP contribution < -0.4 is 0 Å². The third kappa shape index (κ3) is 2.71. The molecule has 0 aliphatic rings. The van der Waals surface area contributed by atoms with E-state index in [9.17, 15) is 0 Å². The zero-order valence-corrected chi connectivity index (χ0v) is 10.5. The highest BCUT2D eigenvalue weighted by atomic mass is 35.5. The van der Waals surface area contributed by atoms with Crippen molar-refractivity contribution in [1.29, 1.82) is 0 Å². The molecular formula is C13H9ClN4O. The molecule has 3 rings (SSSR count). The second kappa shape index (κ2) is 5.07. The molecule has 2 heterocycles. The summed E-state index contributed by atoms with van der Waals surface area (Å²) in [6.07, 6.45) is 4.59. The van der Waals surface area contributed by atoms with Gasteiger partial charge in [-0.25, -0.2) is 4.68 Å². The zero-order chi connectivity index (χ0) is 13.1. The molecule has 0 aliphatic heterocycles. The molecule has 0 bridgehead atoms. The van der Waals surface area contributed by atoms with Crippen molar-refractivity contribution in [2.75, 3.05) is 0 Å². The van der Waals surface area contributed by atoms with Crippen LogP contribution in [0.5, 0.6) is 0 Å². The van der Waals surface area contributed by atoms with Gasteiger partial charge in [0.05, 0.1) is 6.21 Å². The molecule has 0 saturated heterocycles. The van der Waals surface area contributed by atoms with Crippen molar-refractivity contribution in [3.05, 3.63) is 59.8 Å². The molecule has 0 unspecified atom stereocenters. The average Bonchev–Trinajstić information content (AvgIpc) is 3.08. The molecule has 5 nitrogen and oxygen atoms in total. The van der Waals surface area contributed by atoms with Gasteiger partial charge in [-0.2, -0.15) is 5.10 Å². The third-order valence-corrected chi connectivity index (χ3v) is 2.70. The molecule has 1 aromatic carbocycles. The van der Waals surface area contributed by atoms with Crippen LogP contribution in [0, 0.1) is 0 Å². The number of rotatable bonds is 3. The minimum Gasteiger partial charge on any atom is -0.455 e. The lowest BCUT2D eigenvalue weighted by molar-refractivity contribution is 0.574. The van der Waals surface area contributed by atoms with Crippen molar-refractivity contribution in [1.82, 2.24) is 14.9 Å². The van der Waals surface area contributed by atoms with Gasteiger partial charge in [-0.15, -0.1) is 10.2 Å². The first-order valence-electron chi connectivity index (χ1n) is 5.56. The van der Waals surface area contributed by atoms with Crippen LogP contribution in [0.25, 0.3) is 11.3 Å². The van der Waals surface area contributed by atoms with Crippen LogP contribution in [0.15, 0.2) is 58.6 Å². The van der Waals surface area contributed by atoms with Crippen LogP contribution >= 0.6 is 11.6 Å². The summed E-state index contributed by atoms with van der Waals surface area (Å²) in [5.41, 5.74) is 0.927. The number of halogens is 1. The lowest BCUT2D eigenvalue weighted by atomic mass is 10.2. The van der Waals surface area contributed by atoms with Crippen LogP contribution in [0.3, 0.4) is 0 Å². The molecule has 3 aromatic rings. The quantitative estimate of drug-likeness (QED) is 0.689. The largest absolute Gasteiger partial charge is 0.455 e. The van der Waals surface area contributed by atoms with Gasteiger partial charge in [-0.1, -0.05) is 23.7 Å². The van der Waals surface area contributed by atoms with Crippen molar-refractivity contribution in [3.8, 4) is 11.3 Å². The standard InChI is InChI=1S/C13H9ClN4O/c14-11-3-1-2-10(6-11)13-5-4-12(19-13)7-17-18-8-15-16-9-18/h1-9H/b17-7+. The highest BCUT2D eigenvalue weighted by Crippen LogP contribution is 2.24. The highest BCUT2D eigenvalue weighted by molar-refractivity contribution is 6.30. The molecule has 6 heteroatoms. The maximum atomic E-state index is 5.95. The minimum absolute atomic E-state index is 0.642. The van der Waals surface area contributed by atoms with Gasteiger partial charge in [0.25, 0.3) is 0 Å². The lowest BCUT2D eigenvalue weighted by Gasteiger charge is -1.96. The smallest absolute Gasteiger partial charge is 0.147 e. The second-order valence-corrected chi connectivity index (χ2v) is 4.24. The predicted octanol–water partition coefficient (Wildman–Crippen LogP) is 3.07. The van der Waals surface area contributed by atoms with Crippen molar-refractivity contribution in [2.45, 2.75) is 0 Å². The Morgan fingerprint density at radius 3 is 2.79 bits per heavy atom. The fourth-order valence-corrected chi connectivity index (χ4v) is 1.79. The monoisotopic (exact) mass is 272 g/mol. The Hall–Kier alpha value is -2.40. The van der Waals surface area contributed by atoms with Gasteiger partial charge in [0.15, 0.2) is 0 Å². The Labute approximate surface area is 114 Å². The summed E-state index contributed by atoms with van der Waals surface area (Å²) in [7, 11) is 0. The van der Waals surface area contributed by atoms with E-state index in [0.717, 1.165) is 11.3 Å². The van der Waals surface area contributed by atoms with E-state index >= 15 is 0 Å². The maximum Gasteiger partial charge on any atom is 0.147 e. The molecule has 0 saturated carbocycles. The van der Waals surface area contributed by atoms with E-state index in [-0.39, 0.29) is 0 Å². The zero-order valence-electron chi connectivity index (χ0n) is 9.77. The van der Waals surface area contributed by atoms with Gasteiger partial charge >= 0.3 is 0 Å². The first-order chi connectivity index (χ1) is 9.31. The number of nitrogens with zero attached hydrogens (tertiary/aromatic N) is 4. The van der Waals surface area contributed by atoms with Crippen LogP contribution in [0.1, 0.15) is 5.76 Å². The summed E-state index contributed by atoms with van der Waals surface area (Å²) in [6, 6.07) is 11.2. The van der Waals surface area contributed by atoms with E-state index in [1.807, 2.05) is 36.4 Å². The van der Waals surface area contributed by atoms with Gasteiger partial charge in [0, 0.05) is 10.6 Å². The lowest BCUT2D eigenvalue weighted by Crippen LogP contribution is -1.84. The normalized spacial score (nSPS) is 11.2. The molecule has 0 N–H and O–H groups in total. The SMILES string of the molecule is Clc1cccc(-c2ccc(/C=N/n3cnnc3)o2)c1. The second-order valence-electron chi connectivity index (χ2n) is 3.80. The summed E-state index contributed by atoms with van der Waals surface area (Å²) in [5, 5.41) is 12.1. The molecule has 0 amide bonds. The Balaban J connectivity index is 1.83. The Morgan fingerprint density at radius 2 is 2.00 bits per heavy atom. The first-order valence-corrected chi connectivity index (χ1v) is 5.94. The van der Waals surface area contributed by atoms with Crippen molar-refractivity contribution >= 4 is 17.8 Å². The van der Waals surface area contributed by atoms with E-state index in [1.54, 1.807) is 6.21 Å². The van der Waals surface area contributed by atoms with Gasteiger partial charge in [0.2, 0.25) is 0 Å². The number of hydrogen-bond donors (Lipinski definition) is 0. The number of furan rings is 1. The van der Waals surface area contributed by atoms with Gasteiger partial charge in [-0.3, -0.25) is 0 Å². The highest BCUT2D eigenvalue weighted by Gasteiger charge is 2.03. The average molecular weight is 273 g/mol. The van der Waals surface area contributed by atoms with Gasteiger partial charge in [-0.05, 0) is 24.3 Å². The topological polar surface area (TPSA) is 56.2 Å². The number of aromatic nitrogens is 3. The van der Waals surface area contributed by atoms with Crippen LogP contribution in [0.2, 0.25) is 5.02 Å². The van der Waals surface area contributed by atoms with Gasteiger partial charge in [0.1, 0.15) is 24.2 Å². The number of benzene rings is 1. The summed E-state index contributed by atoms with van der Waals surface area (Å²) in [5.74, 6) is 1.39. The van der Waals surface area contributed by atoms with Crippen molar-refractivity contribution < 1.29 is 4.42 Å². The molecule has 19 heavy (non-hydrogen) atoms. The molecule has 0 atom stereocenters. The Bertz CT molecular complexity index is 703. The third-order valence-electron chi connectivity index (χ3n) is 2.46. The predicted molar refractivity (Wildman–Crippen MR) is 72.2 cm³/mol. The summed E-state index contributed by atoms with van der Waals surface area (Å²) in [4.78, 5) is 0. The molecule has 0 aliphatic carbocycles. The van der Waals surface area contributed by atoms with E-state index < -0.39 is 0 Å². The van der Waals surface area contributed by atoms with Crippen molar-refractivity contribution in [3.63, 3.8) is 0 Å². The molecular weight excluding hydrogens is 264 g/mol. The van der Waals surface area contributed by atoms with Crippen LogP contribution in [-0.4, -0.2) is 21.1 Å². The Kier molecular flexibility index (Phi) is 3.12. The van der Waals surface area contributed by atoms with E-state index in [4.69, 9.17) is 16.0 Å². The molecule has 0 spiro atoms. The molecule has 0 radical (unpaired) electrons. The van der Waals surface area contributed by atoms with E-state index in [0.29, 0.717) is 10.8 Å². The fraction of sp³-hybridized carbons (Fsp3) is 0. The molecule has 94 valence electrons. The van der Waals surface area contributed by atoms with Crippen LogP contribution in [-0.2, 0) is 0 Å². The molecule has 2 aromatic heterocycles. The van der Waals surface area contributed by atoms with Crippen LogP contribution in [0.4, 0.5) is 0 Å². The van der Waals surface area contributed by atoms with E-state index in [2.05, 4.69) is 15.3 Å². The molecule has 0 fully saturated rings. The van der Waals surface area contributed by atoms with E-state index in [1.165, 1.54) is 17.3 Å². The fourth-order valence-electron chi connectivity index (χ4n) is 1.60. The Morgan fingerprint density at radius 1 is 1.16 bits per heavy atom. The summed E-state index contributed by atoms with van der Waals surface area (Å²) in [6.45, 7) is 0. The first kappa shape index (κ1) is 11.7. The number of hydrogen-bond acceptors (Lipinski definition) is 4. The summed E-state index contributed by atoms with van der Waals surface area (Å²) < 4.78 is 7.15. The van der Waals surface area contributed by atoms with Crippen molar-refractivity contribution in [2.24, 2.45) is 5.10 Å². The summed E-state index contributed by atoms with van der Waals surface area (Å²) >= 11 is 5.95.